The van der Waals surface area contributed by atoms with Gasteiger partial charge in [-0.05, 0) is 25.8 Å². The van der Waals surface area contributed by atoms with Gasteiger partial charge < -0.3 is 9.64 Å². The van der Waals surface area contributed by atoms with Gasteiger partial charge in [-0.15, -0.1) is 0 Å². The fourth-order valence-corrected chi connectivity index (χ4v) is 3.33. The van der Waals surface area contributed by atoms with Crippen molar-refractivity contribution in [3.63, 3.8) is 0 Å². The van der Waals surface area contributed by atoms with Crippen LogP contribution in [0.25, 0.3) is 0 Å². The molecule has 0 aliphatic carbocycles. The highest BCUT2D eigenvalue weighted by Gasteiger charge is 2.26. The highest BCUT2D eigenvalue weighted by molar-refractivity contribution is 5.95. The van der Waals surface area contributed by atoms with Gasteiger partial charge in [-0.25, -0.2) is 0 Å². The first-order valence-electron chi connectivity index (χ1n) is 8.43. The van der Waals surface area contributed by atoms with Crippen LogP contribution in [0.5, 0.6) is 0 Å². The van der Waals surface area contributed by atoms with Crippen molar-refractivity contribution in [3.8, 4) is 0 Å². The number of ether oxygens (including phenoxy) is 1. The Labute approximate surface area is 141 Å². The molecule has 2 aliphatic rings. The van der Waals surface area contributed by atoms with Crippen molar-refractivity contribution in [2.45, 2.75) is 25.9 Å². The summed E-state index contributed by atoms with van der Waals surface area (Å²) in [5, 5.41) is 11.0. The number of hydrogen-bond acceptors (Lipinski definition) is 5. The molecule has 24 heavy (non-hydrogen) atoms. The number of carbonyl (C=O) groups excluding carboxylic acids is 1. The molecule has 1 unspecified atom stereocenters. The van der Waals surface area contributed by atoms with Gasteiger partial charge in [0.2, 0.25) is 0 Å². The van der Waals surface area contributed by atoms with Crippen molar-refractivity contribution in [1.29, 1.82) is 0 Å². The van der Waals surface area contributed by atoms with E-state index in [1.807, 2.05) is 0 Å². The largest absolute Gasteiger partial charge is 0.377 e. The molecule has 0 aromatic heterocycles. The number of piperazine rings is 1. The third kappa shape index (κ3) is 3.73. The third-order valence-corrected chi connectivity index (χ3v) is 4.80. The van der Waals surface area contributed by atoms with E-state index in [1.165, 1.54) is 6.07 Å². The number of rotatable bonds is 4. The average Bonchev–Trinajstić information content (AvgIpc) is 3.08. The molecule has 0 saturated carbocycles. The lowest BCUT2D eigenvalue weighted by Gasteiger charge is -2.35. The molecule has 2 aliphatic heterocycles. The summed E-state index contributed by atoms with van der Waals surface area (Å²) >= 11 is 0. The molecule has 7 nitrogen and oxygen atoms in total. The van der Waals surface area contributed by atoms with Gasteiger partial charge in [0.1, 0.15) is 0 Å². The van der Waals surface area contributed by atoms with Crippen LogP contribution in [0.2, 0.25) is 0 Å². The molecule has 0 N–H and O–H groups in total. The first-order chi connectivity index (χ1) is 11.5. The van der Waals surface area contributed by atoms with Gasteiger partial charge >= 0.3 is 0 Å². The SMILES string of the molecule is Cc1ccc(C(=O)N2CCN(CC3CCCO3)CC2)cc1[N+](=O)[O-]. The van der Waals surface area contributed by atoms with E-state index in [-0.39, 0.29) is 11.6 Å². The Morgan fingerprint density at radius 3 is 2.71 bits per heavy atom. The van der Waals surface area contributed by atoms with Crippen LogP contribution < -0.4 is 0 Å². The first-order valence-corrected chi connectivity index (χ1v) is 8.43. The lowest BCUT2D eigenvalue weighted by molar-refractivity contribution is -0.385. The summed E-state index contributed by atoms with van der Waals surface area (Å²) in [5.74, 6) is -0.130. The molecule has 1 aromatic rings. The normalized spacial score (nSPS) is 21.9. The van der Waals surface area contributed by atoms with Crippen molar-refractivity contribution in [2.75, 3.05) is 39.3 Å². The fraction of sp³-hybridized carbons (Fsp3) is 0.588. The van der Waals surface area contributed by atoms with Crippen LogP contribution in [-0.4, -0.2) is 66.1 Å². The minimum absolute atomic E-state index is 0.00197. The van der Waals surface area contributed by atoms with Crippen molar-refractivity contribution < 1.29 is 14.5 Å². The summed E-state index contributed by atoms with van der Waals surface area (Å²) in [7, 11) is 0. The number of nitro groups is 1. The standard InChI is InChI=1S/C17H23N3O4/c1-13-4-5-14(11-16(13)20(22)23)17(21)19-8-6-18(7-9-19)12-15-3-2-10-24-15/h4-5,11,15H,2-3,6-10,12H2,1H3. The molecule has 3 rings (SSSR count). The van der Waals surface area contributed by atoms with Crippen LogP contribution in [0.15, 0.2) is 18.2 Å². The lowest BCUT2D eigenvalue weighted by Crippen LogP contribution is -2.50. The predicted octanol–water partition coefficient (Wildman–Crippen LogP) is 1.84. The number of hydrogen-bond donors (Lipinski definition) is 0. The molecule has 130 valence electrons. The van der Waals surface area contributed by atoms with Gasteiger partial charge in [-0.1, -0.05) is 6.07 Å². The Balaban J connectivity index is 1.58. The molecule has 1 amide bonds. The molecule has 2 heterocycles. The van der Waals surface area contributed by atoms with Gasteiger partial charge in [0, 0.05) is 56.5 Å². The molecular formula is C17H23N3O4. The minimum atomic E-state index is -0.439. The summed E-state index contributed by atoms with van der Waals surface area (Å²) in [4.78, 5) is 27.3. The zero-order chi connectivity index (χ0) is 17.1. The molecular weight excluding hydrogens is 310 g/mol. The smallest absolute Gasteiger partial charge is 0.273 e. The van der Waals surface area contributed by atoms with E-state index >= 15 is 0 Å². The summed E-state index contributed by atoms with van der Waals surface area (Å²) in [6.45, 7) is 6.39. The van der Waals surface area contributed by atoms with Crippen LogP contribution in [-0.2, 0) is 4.74 Å². The predicted molar refractivity (Wildman–Crippen MR) is 89.2 cm³/mol. The van der Waals surface area contributed by atoms with E-state index in [9.17, 15) is 14.9 Å². The van der Waals surface area contributed by atoms with E-state index in [1.54, 1.807) is 24.0 Å². The van der Waals surface area contributed by atoms with Gasteiger partial charge in [0.15, 0.2) is 0 Å². The lowest BCUT2D eigenvalue weighted by atomic mass is 10.1. The quantitative estimate of drug-likeness (QED) is 0.621. The maximum atomic E-state index is 12.6. The Kier molecular flexibility index (Phi) is 5.11. The van der Waals surface area contributed by atoms with Crippen LogP contribution in [0.4, 0.5) is 5.69 Å². The zero-order valence-corrected chi connectivity index (χ0v) is 13.9. The van der Waals surface area contributed by atoms with Gasteiger partial charge in [-0.2, -0.15) is 0 Å². The topological polar surface area (TPSA) is 75.9 Å². The second kappa shape index (κ2) is 7.27. The first kappa shape index (κ1) is 16.9. The van der Waals surface area contributed by atoms with Crippen LogP contribution in [0.3, 0.4) is 0 Å². The molecule has 1 atom stereocenters. The molecule has 0 radical (unpaired) electrons. The number of aryl methyl sites for hydroxylation is 1. The van der Waals surface area contributed by atoms with E-state index < -0.39 is 4.92 Å². The average molecular weight is 333 g/mol. The Morgan fingerprint density at radius 1 is 1.33 bits per heavy atom. The van der Waals surface area contributed by atoms with E-state index in [2.05, 4.69) is 4.90 Å². The monoisotopic (exact) mass is 333 g/mol. The number of nitro benzene ring substituents is 1. The van der Waals surface area contributed by atoms with Crippen LogP contribution in [0, 0.1) is 17.0 Å². The van der Waals surface area contributed by atoms with E-state index in [0.717, 1.165) is 39.1 Å². The number of amides is 1. The zero-order valence-electron chi connectivity index (χ0n) is 13.9. The van der Waals surface area contributed by atoms with Crippen LogP contribution >= 0.6 is 0 Å². The molecule has 0 bridgehead atoms. The Bertz CT molecular complexity index is 620. The maximum absolute atomic E-state index is 12.6. The molecule has 2 fully saturated rings. The Hall–Kier alpha value is -1.99. The summed E-state index contributed by atoms with van der Waals surface area (Å²) in [6, 6.07) is 4.69. The van der Waals surface area contributed by atoms with Gasteiger partial charge in [0.25, 0.3) is 11.6 Å². The molecule has 2 saturated heterocycles. The van der Waals surface area contributed by atoms with Crippen molar-refractivity contribution >= 4 is 11.6 Å². The molecule has 1 aromatic carbocycles. The van der Waals surface area contributed by atoms with Crippen molar-refractivity contribution in [2.24, 2.45) is 0 Å². The Morgan fingerprint density at radius 2 is 2.08 bits per heavy atom. The number of nitrogens with zero attached hydrogens (tertiary/aromatic N) is 3. The third-order valence-electron chi connectivity index (χ3n) is 4.80. The second-order valence-corrected chi connectivity index (χ2v) is 6.49. The summed E-state index contributed by atoms with van der Waals surface area (Å²) in [6.07, 6.45) is 2.58. The molecule has 0 spiro atoms. The highest BCUT2D eigenvalue weighted by Crippen LogP contribution is 2.21. The van der Waals surface area contributed by atoms with Gasteiger partial charge in [-0.3, -0.25) is 19.8 Å². The maximum Gasteiger partial charge on any atom is 0.273 e. The summed E-state index contributed by atoms with van der Waals surface area (Å²) < 4.78 is 5.66. The molecule has 7 heteroatoms. The van der Waals surface area contributed by atoms with E-state index in [0.29, 0.717) is 30.3 Å². The van der Waals surface area contributed by atoms with Crippen molar-refractivity contribution in [1.82, 2.24) is 9.80 Å². The highest BCUT2D eigenvalue weighted by atomic mass is 16.6. The van der Waals surface area contributed by atoms with Gasteiger partial charge in [0.05, 0.1) is 11.0 Å². The van der Waals surface area contributed by atoms with E-state index in [4.69, 9.17) is 4.74 Å². The fourth-order valence-electron chi connectivity index (χ4n) is 3.33. The van der Waals surface area contributed by atoms with Crippen molar-refractivity contribution in [3.05, 3.63) is 39.4 Å². The number of carbonyl (C=O) groups is 1. The van der Waals surface area contributed by atoms with Crippen LogP contribution in [0.1, 0.15) is 28.8 Å². The number of benzene rings is 1. The minimum Gasteiger partial charge on any atom is -0.377 e. The summed E-state index contributed by atoms with van der Waals surface area (Å²) in [5.41, 5.74) is 0.954. The second-order valence-electron chi connectivity index (χ2n) is 6.49.